The Labute approximate surface area is 101 Å². The van der Waals surface area contributed by atoms with E-state index in [1.165, 1.54) is 13.0 Å². The number of aromatic nitrogens is 2. The molecule has 1 saturated heterocycles. The van der Waals surface area contributed by atoms with E-state index in [-0.39, 0.29) is 0 Å². The third kappa shape index (κ3) is 2.71. The highest BCUT2D eigenvalue weighted by atomic mass is 32.1. The summed E-state index contributed by atoms with van der Waals surface area (Å²) in [7, 11) is 0. The van der Waals surface area contributed by atoms with Crippen molar-refractivity contribution in [3.63, 3.8) is 0 Å². The molecule has 0 spiro atoms. The van der Waals surface area contributed by atoms with E-state index >= 15 is 0 Å². The van der Waals surface area contributed by atoms with Gasteiger partial charge in [-0.2, -0.15) is 4.37 Å². The predicted molar refractivity (Wildman–Crippen MR) is 68.2 cm³/mol. The van der Waals surface area contributed by atoms with E-state index in [9.17, 15) is 0 Å². The first kappa shape index (κ1) is 11.8. The highest BCUT2D eigenvalue weighted by molar-refractivity contribution is 7.09. The zero-order valence-corrected chi connectivity index (χ0v) is 11.0. The Hall–Kier alpha value is -0.680. The van der Waals surface area contributed by atoms with Crippen LogP contribution < -0.4 is 4.90 Å². The van der Waals surface area contributed by atoms with E-state index in [2.05, 4.69) is 33.0 Å². The quantitative estimate of drug-likeness (QED) is 0.804. The number of rotatable bonds is 3. The number of aryl methyl sites for hydroxylation is 1. The second-order valence-corrected chi connectivity index (χ2v) is 4.85. The first-order valence-corrected chi connectivity index (χ1v) is 6.90. The van der Waals surface area contributed by atoms with Crippen LogP contribution in [0.4, 0.5) is 5.13 Å². The second kappa shape index (κ2) is 5.59. The predicted octanol–water partition coefficient (Wildman–Crippen LogP) is 1.63. The monoisotopic (exact) mass is 240 g/mol. The standard InChI is InChI=1S/C11H20N4S/c1-3-10-12-11(16-13-10)15-7-5-6-14(4-2)8-9-15/h3-9H2,1-2H3. The van der Waals surface area contributed by atoms with Crippen LogP contribution in [0.3, 0.4) is 0 Å². The SMILES string of the molecule is CCc1nsc(N2CCCN(CC)CC2)n1. The summed E-state index contributed by atoms with van der Waals surface area (Å²) in [6.07, 6.45) is 2.17. The lowest BCUT2D eigenvalue weighted by atomic mass is 10.4. The first-order valence-electron chi connectivity index (χ1n) is 6.13. The van der Waals surface area contributed by atoms with Gasteiger partial charge in [0, 0.05) is 37.6 Å². The lowest BCUT2D eigenvalue weighted by molar-refractivity contribution is 0.310. The van der Waals surface area contributed by atoms with Crippen molar-refractivity contribution in [3.05, 3.63) is 5.82 Å². The molecule has 1 aromatic rings. The molecule has 0 aliphatic carbocycles. The van der Waals surface area contributed by atoms with Gasteiger partial charge in [-0.1, -0.05) is 13.8 Å². The number of anilines is 1. The van der Waals surface area contributed by atoms with Crippen LogP contribution in [0.25, 0.3) is 0 Å². The van der Waals surface area contributed by atoms with E-state index in [1.807, 2.05) is 0 Å². The summed E-state index contributed by atoms with van der Waals surface area (Å²) in [4.78, 5) is 9.44. The van der Waals surface area contributed by atoms with Crippen LogP contribution in [0.5, 0.6) is 0 Å². The van der Waals surface area contributed by atoms with E-state index in [1.54, 1.807) is 11.5 Å². The van der Waals surface area contributed by atoms with Gasteiger partial charge in [0.05, 0.1) is 0 Å². The summed E-state index contributed by atoms with van der Waals surface area (Å²) in [5.74, 6) is 0.983. The van der Waals surface area contributed by atoms with E-state index in [0.29, 0.717) is 0 Å². The third-order valence-electron chi connectivity index (χ3n) is 3.08. The molecule has 0 N–H and O–H groups in total. The molecule has 1 aliphatic heterocycles. The van der Waals surface area contributed by atoms with Crippen LogP contribution in [0.1, 0.15) is 26.1 Å². The molecule has 1 fully saturated rings. The summed E-state index contributed by atoms with van der Waals surface area (Å²) < 4.78 is 4.35. The minimum atomic E-state index is 0.936. The number of nitrogens with zero attached hydrogens (tertiary/aromatic N) is 4. The lowest BCUT2D eigenvalue weighted by Crippen LogP contribution is -2.30. The fraction of sp³-hybridized carbons (Fsp3) is 0.818. The number of likely N-dealkylation sites (N-methyl/N-ethyl adjacent to an activating group) is 1. The van der Waals surface area contributed by atoms with Gasteiger partial charge >= 0.3 is 0 Å². The van der Waals surface area contributed by atoms with Crippen LogP contribution in [-0.2, 0) is 6.42 Å². The molecule has 90 valence electrons. The highest BCUT2D eigenvalue weighted by Crippen LogP contribution is 2.19. The van der Waals surface area contributed by atoms with Crippen molar-refractivity contribution in [3.8, 4) is 0 Å². The van der Waals surface area contributed by atoms with Gasteiger partial charge in [0.1, 0.15) is 5.82 Å². The number of hydrogen-bond acceptors (Lipinski definition) is 5. The highest BCUT2D eigenvalue weighted by Gasteiger charge is 2.16. The van der Waals surface area contributed by atoms with Crippen LogP contribution in [0, 0.1) is 0 Å². The maximum absolute atomic E-state index is 4.56. The van der Waals surface area contributed by atoms with Crippen molar-refractivity contribution in [1.82, 2.24) is 14.3 Å². The van der Waals surface area contributed by atoms with Crippen molar-refractivity contribution < 1.29 is 0 Å². The van der Waals surface area contributed by atoms with E-state index in [0.717, 1.165) is 43.6 Å². The largest absolute Gasteiger partial charge is 0.346 e. The van der Waals surface area contributed by atoms with Gasteiger partial charge in [0.2, 0.25) is 5.13 Å². The molecular weight excluding hydrogens is 220 g/mol. The van der Waals surface area contributed by atoms with E-state index < -0.39 is 0 Å². The molecule has 1 aromatic heterocycles. The molecule has 0 saturated carbocycles. The molecule has 16 heavy (non-hydrogen) atoms. The molecule has 0 radical (unpaired) electrons. The Morgan fingerprint density at radius 3 is 2.75 bits per heavy atom. The second-order valence-electron chi connectivity index (χ2n) is 4.12. The minimum absolute atomic E-state index is 0.936. The summed E-state index contributed by atoms with van der Waals surface area (Å²) >= 11 is 1.55. The van der Waals surface area contributed by atoms with Crippen molar-refractivity contribution >= 4 is 16.7 Å². The van der Waals surface area contributed by atoms with Crippen LogP contribution in [-0.4, -0.2) is 47.0 Å². The van der Waals surface area contributed by atoms with Crippen LogP contribution in [0.15, 0.2) is 0 Å². The van der Waals surface area contributed by atoms with Gasteiger partial charge in [-0.05, 0) is 19.5 Å². The lowest BCUT2D eigenvalue weighted by Gasteiger charge is -2.19. The molecule has 5 heteroatoms. The summed E-state index contributed by atoms with van der Waals surface area (Å²) in [5, 5.41) is 1.11. The van der Waals surface area contributed by atoms with Gasteiger partial charge in [0.25, 0.3) is 0 Å². The Morgan fingerprint density at radius 1 is 1.19 bits per heavy atom. The third-order valence-corrected chi connectivity index (χ3v) is 3.89. The molecule has 2 rings (SSSR count). The Bertz CT molecular complexity index is 326. The van der Waals surface area contributed by atoms with Crippen molar-refractivity contribution in [2.45, 2.75) is 26.7 Å². The van der Waals surface area contributed by atoms with Crippen LogP contribution in [0.2, 0.25) is 0 Å². The molecule has 0 unspecified atom stereocenters. The maximum Gasteiger partial charge on any atom is 0.205 e. The molecule has 4 nitrogen and oxygen atoms in total. The molecule has 0 atom stereocenters. The normalized spacial score (nSPS) is 18.8. The first-order chi connectivity index (χ1) is 7.83. The Kier molecular flexibility index (Phi) is 4.12. The maximum atomic E-state index is 4.56. The number of hydrogen-bond donors (Lipinski definition) is 0. The fourth-order valence-electron chi connectivity index (χ4n) is 2.00. The van der Waals surface area contributed by atoms with Crippen molar-refractivity contribution in [1.29, 1.82) is 0 Å². The molecule has 0 bridgehead atoms. The van der Waals surface area contributed by atoms with Gasteiger partial charge < -0.3 is 9.80 Å². The van der Waals surface area contributed by atoms with Crippen LogP contribution >= 0.6 is 11.5 Å². The average Bonchev–Trinajstić information content (AvgIpc) is 2.67. The summed E-state index contributed by atoms with van der Waals surface area (Å²) in [6, 6.07) is 0. The van der Waals surface area contributed by atoms with Gasteiger partial charge in [-0.3, -0.25) is 0 Å². The van der Waals surface area contributed by atoms with E-state index in [4.69, 9.17) is 0 Å². The zero-order valence-electron chi connectivity index (χ0n) is 10.1. The molecule has 1 aliphatic rings. The van der Waals surface area contributed by atoms with Crippen molar-refractivity contribution in [2.75, 3.05) is 37.6 Å². The molecule has 2 heterocycles. The molecular formula is C11H20N4S. The topological polar surface area (TPSA) is 32.3 Å². The summed E-state index contributed by atoms with van der Waals surface area (Å²) in [5.41, 5.74) is 0. The molecule has 0 aromatic carbocycles. The average molecular weight is 240 g/mol. The fourth-order valence-corrected chi connectivity index (χ4v) is 2.80. The Balaban J connectivity index is 1.99. The molecule has 0 amide bonds. The Morgan fingerprint density at radius 2 is 2.06 bits per heavy atom. The van der Waals surface area contributed by atoms with Crippen molar-refractivity contribution in [2.24, 2.45) is 0 Å². The zero-order chi connectivity index (χ0) is 11.4. The summed E-state index contributed by atoms with van der Waals surface area (Å²) in [6.45, 7) is 10.1. The minimum Gasteiger partial charge on any atom is -0.346 e. The smallest absolute Gasteiger partial charge is 0.205 e. The van der Waals surface area contributed by atoms with Gasteiger partial charge in [-0.15, -0.1) is 0 Å². The van der Waals surface area contributed by atoms with Gasteiger partial charge in [0.15, 0.2) is 0 Å². The van der Waals surface area contributed by atoms with Gasteiger partial charge in [-0.25, -0.2) is 4.98 Å².